The number of benzene rings is 1. The van der Waals surface area contributed by atoms with Gasteiger partial charge in [-0.2, -0.15) is 8.78 Å². The van der Waals surface area contributed by atoms with Crippen molar-refractivity contribution in [2.24, 2.45) is 22.7 Å². The molecule has 1 fully saturated rings. The summed E-state index contributed by atoms with van der Waals surface area (Å²) in [6, 6.07) is 1.65. The second-order valence-electron chi connectivity index (χ2n) is 11.4. The van der Waals surface area contributed by atoms with Crippen molar-refractivity contribution in [1.29, 1.82) is 0 Å². The Morgan fingerprint density at radius 3 is 2.62 bits per heavy atom. The second kappa shape index (κ2) is 14.8. The van der Waals surface area contributed by atoms with E-state index in [1.54, 1.807) is 12.1 Å². The molecular weight excluding hydrogens is 525 g/mol. The molecule has 4 unspecified atom stereocenters. The van der Waals surface area contributed by atoms with Gasteiger partial charge in [0.15, 0.2) is 11.6 Å². The standard InChI is InChI=1S/C31H44ClF3N2O2/c1-3-5-10-25(32)20-39-37-16-15-27(36-31(37)35)24-14-13-23-19-28(30(34)29(33)26(23)18-24)38-17-8-6-7-9-21(4-2)22-11-12-22/h15-16,19,21-22,24-25,31H,3-14,17-18,20H2,1-2H3. The number of alkyl halides is 2. The van der Waals surface area contributed by atoms with Crippen LogP contribution in [0.15, 0.2) is 23.3 Å². The lowest BCUT2D eigenvalue weighted by molar-refractivity contribution is -0.179. The lowest BCUT2D eigenvalue weighted by Crippen LogP contribution is -2.34. The number of hydroxylamine groups is 2. The molecule has 1 heterocycles. The van der Waals surface area contributed by atoms with Gasteiger partial charge in [-0.15, -0.1) is 11.6 Å². The van der Waals surface area contributed by atoms with Gasteiger partial charge in [0, 0.05) is 17.8 Å². The molecule has 0 radical (unpaired) electrons. The number of unbranched alkanes of at least 4 members (excludes halogenated alkanes) is 3. The summed E-state index contributed by atoms with van der Waals surface area (Å²) in [5.74, 6) is -0.202. The summed E-state index contributed by atoms with van der Waals surface area (Å²) in [5.41, 5.74) is 1.64. The number of allylic oxidation sites excluding steroid dienone is 1. The maximum absolute atomic E-state index is 15.1. The minimum absolute atomic E-state index is 0.00263. The van der Waals surface area contributed by atoms with Crippen molar-refractivity contribution in [2.75, 3.05) is 13.2 Å². The molecule has 0 saturated heterocycles. The molecule has 1 aromatic carbocycles. The molecule has 8 heteroatoms. The van der Waals surface area contributed by atoms with Gasteiger partial charge < -0.3 is 4.74 Å². The van der Waals surface area contributed by atoms with Crippen molar-refractivity contribution in [3.63, 3.8) is 0 Å². The SMILES string of the molecule is CCCCC(Cl)CON1C=CC(C2CCc3cc(OCCCCCC(CC)C4CC4)c(F)c(F)c3C2)=NC1F. The van der Waals surface area contributed by atoms with Gasteiger partial charge in [-0.05, 0) is 80.1 Å². The Labute approximate surface area is 236 Å². The number of ether oxygens (including phenoxy) is 1. The van der Waals surface area contributed by atoms with E-state index in [2.05, 4.69) is 18.8 Å². The average molecular weight is 569 g/mol. The topological polar surface area (TPSA) is 34.1 Å². The van der Waals surface area contributed by atoms with Crippen LogP contribution in [0.2, 0.25) is 0 Å². The first kappa shape index (κ1) is 30.2. The number of aryl methyl sites for hydroxylation is 1. The highest BCUT2D eigenvalue weighted by atomic mass is 35.5. The third kappa shape index (κ3) is 8.39. The minimum Gasteiger partial charge on any atom is -0.490 e. The van der Waals surface area contributed by atoms with E-state index in [-0.39, 0.29) is 30.1 Å². The van der Waals surface area contributed by atoms with Crippen molar-refractivity contribution >= 4 is 17.3 Å². The molecule has 0 spiro atoms. The Kier molecular flexibility index (Phi) is 11.5. The molecule has 3 aliphatic rings. The number of aliphatic imine (C=N–C) groups is 1. The number of rotatable bonds is 16. The molecule has 2 aliphatic carbocycles. The van der Waals surface area contributed by atoms with E-state index in [0.29, 0.717) is 30.7 Å². The molecule has 4 nitrogen and oxygen atoms in total. The summed E-state index contributed by atoms with van der Waals surface area (Å²) < 4.78 is 50.4. The lowest BCUT2D eigenvalue weighted by Gasteiger charge is -2.30. The van der Waals surface area contributed by atoms with E-state index in [4.69, 9.17) is 21.2 Å². The monoisotopic (exact) mass is 568 g/mol. The largest absolute Gasteiger partial charge is 0.490 e. The van der Waals surface area contributed by atoms with E-state index in [0.717, 1.165) is 61.0 Å². The maximum atomic E-state index is 15.1. The fraction of sp³-hybridized carbons (Fsp3) is 0.710. The molecule has 218 valence electrons. The fourth-order valence-corrected chi connectivity index (χ4v) is 6.05. The van der Waals surface area contributed by atoms with Crippen molar-refractivity contribution in [3.8, 4) is 5.75 Å². The highest BCUT2D eigenvalue weighted by Gasteiger charge is 2.31. The summed E-state index contributed by atoms with van der Waals surface area (Å²) in [6.07, 6.45) is 14.2. The Morgan fingerprint density at radius 2 is 1.90 bits per heavy atom. The van der Waals surface area contributed by atoms with Gasteiger partial charge in [0.25, 0.3) is 6.42 Å². The van der Waals surface area contributed by atoms with Crippen LogP contribution in [0, 0.1) is 29.4 Å². The van der Waals surface area contributed by atoms with Gasteiger partial charge in [-0.25, -0.2) is 14.4 Å². The average Bonchev–Trinajstić information content (AvgIpc) is 3.78. The summed E-state index contributed by atoms with van der Waals surface area (Å²) >= 11 is 6.23. The second-order valence-corrected chi connectivity index (χ2v) is 12.0. The number of fused-ring (bicyclic) bond motifs is 1. The van der Waals surface area contributed by atoms with Crippen LogP contribution in [-0.2, 0) is 17.7 Å². The normalized spacial score (nSPS) is 22.4. The van der Waals surface area contributed by atoms with Crippen LogP contribution in [-0.4, -0.2) is 35.8 Å². The molecular formula is C31H44ClF3N2O2. The molecule has 1 aromatic rings. The zero-order chi connectivity index (χ0) is 27.8. The molecule has 1 aliphatic heterocycles. The zero-order valence-electron chi connectivity index (χ0n) is 23.4. The van der Waals surface area contributed by atoms with E-state index >= 15 is 4.39 Å². The van der Waals surface area contributed by atoms with Crippen LogP contribution in [0.1, 0.15) is 95.6 Å². The zero-order valence-corrected chi connectivity index (χ0v) is 24.2. The number of nitrogens with zero attached hydrogens (tertiary/aromatic N) is 2. The number of halogens is 4. The third-order valence-electron chi connectivity index (χ3n) is 8.42. The van der Waals surface area contributed by atoms with E-state index in [1.807, 2.05) is 0 Å². The predicted molar refractivity (Wildman–Crippen MR) is 151 cm³/mol. The van der Waals surface area contributed by atoms with Gasteiger partial charge in [-0.3, -0.25) is 4.84 Å². The number of hydrogen-bond acceptors (Lipinski definition) is 4. The molecule has 4 atom stereocenters. The Hall–Kier alpha value is -1.73. The van der Waals surface area contributed by atoms with Gasteiger partial charge in [0.2, 0.25) is 5.82 Å². The molecule has 0 N–H and O–H groups in total. The number of hydrogen-bond donors (Lipinski definition) is 0. The first-order valence-electron chi connectivity index (χ1n) is 15.0. The molecule has 0 amide bonds. The molecule has 4 rings (SSSR count). The first-order valence-corrected chi connectivity index (χ1v) is 15.4. The summed E-state index contributed by atoms with van der Waals surface area (Å²) in [6.45, 7) is 4.94. The van der Waals surface area contributed by atoms with Crippen molar-refractivity contribution in [1.82, 2.24) is 5.06 Å². The van der Waals surface area contributed by atoms with Crippen LogP contribution < -0.4 is 4.74 Å². The predicted octanol–water partition coefficient (Wildman–Crippen LogP) is 8.70. The highest BCUT2D eigenvalue weighted by molar-refractivity contribution is 6.20. The third-order valence-corrected chi connectivity index (χ3v) is 8.77. The lowest BCUT2D eigenvalue weighted by atomic mass is 9.80. The van der Waals surface area contributed by atoms with Crippen LogP contribution in [0.5, 0.6) is 5.75 Å². The molecule has 0 aromatic heterocycles. The van der Waals surface area contributed by atoms with Crippen molar-refractivity contribution in [2.45, 2.75) is 109 Å². The Balaban J connectivity index is 1.25. The Morgan fingerprint density at radius 1 is 1.08 bits per heavy atom. The fourth-order valence-electron chi connectivity index (χ4n) is 5.84. The van der Waals surface area contributed by atoms with Gasteiger partial charge in [0.1, 0.15) is 0 Å². The Bertz CT molecular complexity index is 1000. The highest BCUT2D eigenvalue weighted by Crippen LogP contribution is 2.41. The summed E-state index contributed by atoms with van der Waals surface area (Å²) in [5, 5.41) is 0.865. The van der Waals surface area contributed by atoms with Crippen LogP contribution in [0.3, 0.4) is 0 Å². The van der Waals surface area contributed by atoms with Crippen LogP contribution in [0.4, 0.5) is 13.2 Å². The van der Waals surface area contributed by atoms with Crippen molar-refractivity contribution < 1.29 is 22.7 Å². The maximum Gasteiger partial charge on any atom is 0.288 e. The van der Waals surface area contributed by atoms with Crippen molar-refractivity contribution in [3.05, 3.63) is 41.1 Å². The summed E-state index contributed by atoms with van der Waals surface area (Å²) in [4.78, 5) is 9.63. The van der Waals surface area contributed by atoms with Gasteiger partial charge in [-0.1, -0.05) is 52.4 Å². The molecule has 39 heavy (non-hydrogen) atoms. The molecule has 1 saturated carbocycles. The van der Waals surface area contributed by atoms with E-state index in [1.165, 1.54) is 31.9 Å². The molecule has 0 bridgehead atoms. The smallest absolute Gasteiger partial charge is 0.288 e. The van der Waals surface area contributed by atoms with Crippen LogP contribution in [0.25, 0.3) is 0 Å². The summed E-state index contributed by atoms with van der Waals surface area (Å²) in [7, 11) is 0. The first-order chi connectivity index (χ1) is 18.9. The quantitative estimate of drug-likeness (QED) is 0.114. The van der Waals surface area contributed by atoms with E-state index < -0.39 is 18.1 Å². The van der Waals surface area contributed by atoms with Gasteiger partial charge in [0.05, 0.1) is 18.6 Å². The van der Waals surface area contributed by atoms with Gasteiger partial charge >= 0.3 is 0 Å². The minimum atomic E-state index is -1.69. The van der Waals surface area contributed by atoms with Crippen LogP contribution >= 0.6 is 11.6 Å². The van der Waals surface area contributed by atoms with E-state index in [9.17, 15) is 8.78 Å².